The number of piperazine rings is 1. The Balaban J connectivity index is 1.74. The molecule has 2 aromatic rings. The van der Waals surface area contributed by atoms with E-state index in [9.17, 15) is 8.42 Å². The number of ether oxygens (including phenoxy) is 2. The van der Waals surface area contributed by atoms with Crippen molar-refractivity contribution in [2.75, 3.05) is 44.8 Å². The van der Waals surface area contributed by atoms with Gasteiger partial charge in [-0.15, -0.1) is 0 Å². The minimum atomic E-state index is -3.57. The minimum absolute atomic E-state index is 0.257. The van der Waals surface area contributed by atoms with Crippen LogP contribution < -0.4 is 14.4 Å². The molecule has 0 unspecified atom stereocenters. The van der Waals surface area contributed by atoms with E-state index < -0.39 is 10.0 Å². The molecule has 1 heterocycles. The molecule has 0 spiro atoms. The first-order chi connectivity index (χ1) is 13.5. The second kappa shape index (κ2) is 9.15. The summed E-state index contributed by atoms with van der Waals surface area (Å²) in [4.78, 5) is 2.41. The molecule has 0 N–H and O–H groups in total. The number of halogens is 1. The highest BCUT2D eigenvalue weighted by Crippen LogP contribution is 2.31. The average Bonchev–Trinajstić information content (AvgIpc) is 2.73. The van der Waals surface area contributed by atoms with Gasteiger partial charge in [0.1, 0.15) is 11.5 Å². The molecule has 3 rings (SSSR count). The van der Waals surface area contributed by atoms with Crippen molar-refractivity contribution in [2.45, 2.75) is 18.2 Å². The molecule has 0 atom stereocenters. The molecule has 0 saturated carbocycles. The normalized spacial score (nSPS) is 15.5. The van der Waals surface area contributed by atoms with E-state index in [0.717, 1.165) is 22.3 Å². The van der Waals surface area contributed by atoms with E-state index in [1.807, 2.05) is 31.2 Å². The molecular weight excluding hydrogens is 444 g/mol. The second-order valence-corrected chi connectivity index (χ2v) is 9.30. The fourth-order valence-electron chi connectivity index (χ4n) is 3.18. The summed E-state index contributed by atoms with van der Waals surface area (Å²) in [7, 11) is -1.93. The predicted octanol–water partition coefficient (Wildman–Crippen LogP) is 3.76. The van der Waals surface area contributed by atoms with Gasteiger partial charge >= 0.3 is 0 Å². The molecule has 0 amide bonds. The van der Waals surface area contributed by atoms with Gasteiger partial charge in [-0.3, -0.25) is 0 Å². The van der Waals surface area contributed by atoms with Crippen LogP contribution in [0, 0.1) is 0 Å². The van der Waals surface area contributed by atoms with Gasteiger partial charge in [0, 0.05) is 32.2 Å². The Morgan fingerprint density at radius 2 is 1.75 bits per heavy atom. The molecule has 0 radical (unpaired) electrons. The lowest BCUT2D eigenvalue weighted by Gasteiger charge is -2.36. The number of anilines is 1. The van der Waals surface area contributed by atoms with Crippen LogP contribution in [0.25, 0.3) is 0 Å². The van der Waals surface area contributed by atoms with Crippen LogP contribution in [0.3, 0.4) is 0 Å². The Kier molecular flexibility index (Phi) is 6.85. The third-order valence-electron chi connectivity index (χ3n) is 4.67. The maximum Gasteiger partial charge on any atom is 0.243 e. The molecular formula is C20H25BrN2O4S. The zero-order valence-corrected chi connectivity index (χ0v) is 18.5. The van der Waals surface area contributed by atoms with Crippen LogP contribution in [0.5, 0.6) is 11.5 Å². The summed E-state index contributed by atoms with van der Waals surface area (Å²) in [6.07, 6.45) is 0.855. The van der Waals surface area contributed by atoms with E-state index in [1.165, 1.54) is 4.31 Å². The number of hydrogen-bond donors (Lipinski definition) is 0. The summed E-state index contributed by atoms with van der Waals surface area (Å²) in [6, 6.07) is 12.7. The van der Waals surface area contributed by atoms with Crippen LogP contribution >= 0.6 is 15.9 Å². The number of rotatable bonds is 7. The number of para-hydroxylation sites is 2. The first-order valence-electron chi connectivity index (χ1n) is 9.28. The highest BCUT2D eigenvalue weighted by molar-refractivity contribution is 9.10. The molecule has 28 heavy (non-hydrogen) atoms. The molecule has 6 nitrogen and oxygen atoms in total. The number of sulfonamides is 1. The molecule has 0 bridgehead atoms. The third kappa shape index (κ3) is 4.45. The van der Waals surface area contributed by atoms with Crippen molar-refractivity contribution < 1.29 is 17.9 Å². The van der Waals surface area contributed by atoms with Crippen molar-refractivity contribution in [3.05, 3.63) is 46.9 Å². The molecule has 0 aromatic heterocycles. The lowest BCUT2D eigenvalue weighted by Crippen LogP contribution is -2.48. The first kappa shape index (κ1) is 21.0. The number of hydrogen-bond acceptors (Lipinski definition) is 5. The summed E-state index contributed by atoms with van der Waals surface area (Å²) in [5.41, 5.74) is 0.987. The van der Waals surface area contributed by atoms with Crippen molar-refractivity contribution in [3.8, 4) is 11.5 Å². The van der Waals surface area contributed by atoms with Crippen molar-refractivity contribution in [1.29, 1.82) is 0 Å². The predicted molar refractivity (Wildman–Crippen MR) is 114 cm³/mol. The Morgan fingerprint density at radius 3 is 2.43 bits per heavy atom. The van der Waals surface area contributed by atoms with E-state index in [-0.39, 0.29) is 4.90 Å². The maximum atomic E-state index is 13.1. The molecule has 2 aromatic carbocycles. The van der Waals surface area contributed by atoms with Gasteiger partial charge in [0.2, 0.25) is 10.0 Å². The summed E-state index contributed by atoms with van der Waals surface area (Å²) in [5, 5.41) is 0. The van der Waals surface area contributed by atoms with E-state index in [0.29, 0.717) is 38.5 Å². The van der Waals surface area contributed by atoms with Crippen LogP contribution in [-0.2, 0) is 10.0 Å². The van der Waals surface area contributed by atoms with Gasteiger partial charge in [-0.05, 0) is 46.6 Å². The summed E-state index contributed by atoms with van der Waals surface area (Å²) >= 11 is 3.42. The topological polar surface area (TPSA) is 59.1 Å². The minimum Gasteiger partial charge on any atom is -0.495 e. The van der Waals surface area contributed by atoms with E-state index in [2.05, 4.69) is 20.8 Å². The van der Waals surface area contributed by atoms with E-state index in [1.54, 1.807) is 25.3 Å². The Morgan fingerprint density at radius 1 is 1.04 bits per heavy atom. The summed E-state index contributed by atoms with van der Waals surface area (Å²) in [5.74, 6) is 1.35. The molecule has 1 saturated heterocycles. The highest BCUT2D eigenvalue weighted by Gasteiger charge is 2.30. The van der Waals surface area contributed by atoms with E-state index in [4.69, 9.17) is 9.47 Å². The zero-order chi connectivity index (χ0) is 20.1. The van der Waals surface area contributed by atoms with Gasteiger partial charge < -0.3 is 14.4 Å². The van der Waals surface area contributed by atoms with Gasteiger partial charge in [0.15, 0.2) is 0 Å². The van der Waals surface area contributed by atoms with Crippen LogP contribution in [0.1, 0.15) is 13.3 Å². The van der Waals surface area contributed by atoms with Gasteiger partial charge in [-0.25, -0.2) is 8.42 Å². The van der Waals surface area contributed by atoms with Gasteiger partial charge in [-0.1, -0.05) is 19.1 Å². The van der Waals surface area contributed by atoms with Gasteiger partial charge in [0.25, 0.3) is 0 Å². The standard InChI is InChI=1S/C20H25BrN2O4S/c1-3-14-27-20-15-16(8-9-17(20)21)28(24,25)23-12-10-22(11-13-23)18-6-4-5-7-19(18)26-2/h4-9,15H,3,10-14H2,1-2H3. The summed E-state index contributed by atoms with van der Waals surface area (Å²) in [6.45, 7) is 4.60. The molecule has 1 aliphatic rings. The van der Waals surface area contributed by atoms with Crippen molar-refractivity contribution in [1.82, 2.24) is 4.31 Å². The Hall–Kier alpha value is -1.77. The number of nitrogens with zero attached hydrogens (tertiary/aromatic N) is 2. The molecule has 1 aliphatic heterocycles. The van der Waals surface area contributed by atoms with Gasteiger partial charge in [0.05, 0.1) is 28.8 Å². The highest BCUT2D eigenvalue weighted by atomic mass is 79.9. The average molecular weight is 469 g/mol. The van der Waals surface area contributed by atoms with Crippen molar-refractivity contribution in [2.24, 2.45) is 0 Å². The molecule has 152 valence electrons. The fourth-order valence-corrected chi connectivity index (χ4v) is 4.98. The van der Waals surface area contributed by atoms with Crippen molar-refractivity contribution in [3.63, 3.8) is 0 Å². The van der Waals surface area contributed by atoms with E-state index >= 15 is 0 Å². The molecule has 1 fully saturated rings. The quantitative estimate of drug-likeness (QED) is 0.618. The second-order valence-electron chi connectivity index (χ2n) is 6.50. The Bertz CT molecular complexity index is 912. The number of benzene rings is 2. The zero-order valence-electron chi connectivity index (χ0n) is 16.1. The van der Waals surface area contributed by atoms with Crippen LogP contribution in [0.4, 0.5) is 5.69 Å². The maximum absolute atomic E-state index is 13.1. The lowest BCUT2D eigenvalue weighted by molar-refractivity contribution is 0.314. The largest absolute Gasteiger partial charge is 0.495 e. The van der Waals surface area contributed by atoms with Crippen LogP contribution in [0.15, 0.2) is 51.8 Å². The lowest BCUT2D eigenvalue weighted by atomic mass is 10.2. The smallest absolute Gasteiger partial charge is 0.243 e. The first-order valence-corrected chi connectivity index (χ1v) is 11.5. The van der Waals surface area contributed by atoms with Crippen molar-refractivity contribution >= 4 is 31.6 Å². The third-order valence-corrected chi connectivity index (χ3v) is 7.22. The number of methoxy groups -OCH3 is 1. The fraction of sp³-hybridized carbons (Fsp3) is 0.400. The molecule has 8 heteroatoms. The van der Waals surface area contributed by atoms with Crippen LogP contribution in [-0.4, -0.2) is 52.6 Å². The SMILES string of the molecule is CCCOc1cc(S(=O)(=O)N2CCN(c3ccccc3OC)CC2)ccc1Br. The summed E-state index contributed by atoms with van der Waals surface area (Å²) < 4.78 is 39.6. The van der Waals surface area contributed by atoms with Gasteiger partial charge in [-0.2, -0.15) is 4.31 Å². The molecule has 0 aliphatic carbocycles. The van der Waals surface area contributed by atoms with Crippen LogP contribution in [0.2, 0.25) is 0 Å². The monoisotopic (exact) mass is 468 g/mol. The Labute approximate surface area is 175 Å².